The monoisotopic (exact) mass is 353 g/mol. The van der Waals surface area contributed by atoms with Crippen LogP contribution in [0.3, 0.4) is 0 Å². The molecule has 136 valence electrons. The van der Waals surface area contributed by atoms with E-state index < -0.39 is 41.6 Å². The number of carboxylic acid groups (broad SMARTS) is 1. The first-order valence-corrected chi connectivity index (χ1v) is 7.52. The van der Waals surface area contributed by atoms with Gasteiger partial charge in [0.05, 0.1) is 0 Å². The number of amides is 3. The fraction of sp³-hybridized carbons (Fsp3) is 0.375. The van der Waals surface area contributed by atoms with Gasteiger partial charge in [-0.2, -0.15) is 0 Å². The lowest BCUT2D eigenvalue weighted by Gasteiger charge is -2.21. The van der Waals surface area contributed by atoms with Crippen molar-refractivity contribution in [3.63, 3.8) is 0 Å². The van der Waals surface area contributed by atoms with Crippen LogP contribution in [-0.2, 0) is 25.6 Å². The zero-order valence-electron chi connectivity index (χ0n) is 13.6. The van der Waals surface area contributed by atoms with Crippen LogP contribution in [0.15, 0.2) is 24.3 Å². The number of halogens is 1. The molecule has 0 heterocycles. The Morgan fingerprint density at radius 1 is 1.20 bits per heavy atom. The number of hydrogen-bond acceptors (Lipinski definition) is 4. The van der Waals surface area contributed by atoms with E-state index >= 15 is 0 Å². The van der Waals surface area contributed by atoms with Crippen LogP contribution in [-0.4, -0.2) is 40.9 Å². The molecule has 0 unspecified atom stereocenters. The lowest BCUT2D eigenvalue weighted by molar-refractivity contribution is -0.137. The van der Waals surface area contributed by atoms with E-state index in [0.717, 1.165) is 0 Å². The maximum atomic E-state index is 13.3. The van der Waals surface area contributed by atoms with Crippen molar-refractivity contribution >= 4 is 23.7 Å². The van der Waals surface area contributed by atoms with Crippen molar-refractivity contribution in [1.82, 2.24) is 10.6 Å². The zero-order valence-corrected chi connectivity index (χ0v) is 13.6. The number of carboxylic acids is 1. The third kappa shape index (κ3) is 7.42. The first-order valence-electron chi connectivity index (χ1n) is 7.52. The van der Waals surface area contributed by atoms with Crippen LogP contribution in [0.1, 0.15) is 25.3 Å². The largest absolute Gasteiger partial charge is 0.481 e. The van der Waals surface area contributed by atoms with Crippen molar-refractivity contribution in [3.8, 4) is 0 Å². The molecular formula is C16H20FN3O5. The van der Waals surface area contributed by atoms with Crippen molar-refractivity contribution in [2.45, 2.75) is 38.3 Å². The molecule has 0 saturated heterocycles. The Labute approximate surface area is 143 Å². The average Bonchev–Trinajstić information content (AvgIpc) is 2.49. The van der Waals surface area contributed by atoms with Gasteiger partial charge in [-0.1, -0.05) is 12.1 Å². The first-order chi connectivity index (χ1) is 11.7. The summed E-state index contributed by atoms with van der Waals surface area (Å²) in [6, 6.07) is 3.26. The second-order valence-corrected chi connectivity index (χ2v) is 5.48. The lowest BCUT2D eigenvalue weighted by Crippen LogP contribution is -2.53. The average molecular weight is 353 g/mol. The van der Waals surface area contributed by atoms with E-state index in [-0.39, 0.29) is 19.3 Å². The van der Waals surface area contributed by atoms with Crippen LogP contribution in [0.25, 0.3) is 0 Å². The van der Waals surface area contributed by atoms with Gasteiger partial charge in [-0.15, -0.1) is 0 Å². The van der Waals surface area contributed by atoms with Crippen LogP contribution in [0, 0.1) is 5.82 Å². The molecule has 0 spiro atoms. The summed E-state index contributed by atoms with van der Waals surface area (Å²) >= 11 is 0. The number of carbonyl (C=O) groups excluding carboxylic acids is 3. The molecule has 8 nitrogen and oxygen atoms in total. The molecule has 0 radical (unpaired) electrons. The Kier molecular flexibility index (Phi) is 7.51. The number of nitrogens with one attached hydrogen (secondary N) is 2. The highest BCUT2D eigenvalue weighted by Crippen LogP contribution is 2.08. The highest BCUT2D eigenvalue weighted by molar-refractivity contribution is 5.91. The Morgan fingerprint density at radius 2 is 1.88 bits per heavy atom. The molecule has 1 aromatic carbocycles. The van der Waals surface area contributed by atoms with Crippen LogP contribution in [0.4, 0.5) is 4.39 Å². The standard InChI is InChI=1S/C16H20FN3O5/c1-9(21)19-13(8-10-3-2-4-11(17)7-10)16(25)20-12(15(18)24)5-6-14(22)23/h2-4,7,12-13H,5-6,8H2,1H3,(H2,18,24)(H,19,21)(H,20,25)(H,22,23)/t12-,13+/m1/s1. The number of primary amides is 1. The molecule has 1 rings (SSSR count). The van der Waals surface area contributed by atoms with E-state index in [2.05, 4.69) is 10.6 Å². The van der Waals surface area contributed by atoms with Crippen LogP contribution < -0.4 is 16.4 Å². The van der Waals surface area contributed by atoms with Gasteiger partial charge < -0.3 is 21.5 Å². The van der Waals surface area contributed by atoms with Gasteiger partial charge in [-0.05, 0) is 24.1 Å². The molecule has 0 saturated carbocycles. The van der Waals surface area contributed by atoms with Gasteiger partial charge in [0.25, 0.3) is 0 Å². The highest BCUT2D eigenvalue weighted by Gasteiger charge is 2.25. The van der Waals surface area contributed by atoms with Gasteiger partial charge in [-0.25, -0.2) is 4.39 Å². The molecule has 3 amide bonds. The summed E-state index contributed by atoms with van der Waals surface area (Å²) < 4.78 is 13.3. The van der Waals surface area contributed by atoms with E-state index in [1.165, 1.54) is 25.1 Å². The second kappa shape index (κ2) is 9.36. The number of rotatable bonds is 9. The number of benzene rings is 1. The normalized spacial score (nSPS) is 12.7. The number of nitrogens with two attached hydrogens (primary N) is 1. The van der Waals surface area contributed by atoms with Gasteiger partial charge in [0.2, 0.25) is 17.7 Å². The van der Waals surface area contributed by atoms with Crippen molar-refractivity contribution in [1.29, 1.82) is 0 Å². The summed E-state index contributed by atoms with van der Waals surface area (Å²) in [5.74, 6) is -3.72. The second-order valence-electron chi connectivity index (χ2n) is 5.48. The summed E-state index contributed by atoms with van der Waals surface area (Å²) in [4.78, 5) is 45.6. The number of hydrogen-bond donors (Lipinski definition) is 4. The SMILES string of the molecule is CC(=O)N[C@@H](Cc1cccc(F)c1)C(=O)N[C@H](CCC(=O)O)C(N)=O. The van der Waals surface area contributed by atoms with Crippen LogP contribution in [0.2, 0.25) is 0 Å². The Balaban J connectivity index is 2.85. The molecular weight excluding hydrogens is 333 g/mol. The van der Waals surface area contributed by atoms with E-state index in [9.17, 15) is 23.6 Å². The van der Waals surface area contributed by atoms with E-state index in [1.54, 1.807) is 6.07 Å². The fourth-order valence-corrected chi connectivity index (χ4v) is 2.18. The minimum atomic E-state index is -1.19. The fourth-order valence-electron chi connectivity index (χ4n) is 2.18. The highest BCUT2D eigenvalue weighted by atomic mass is 19.1. The minimum absolute atomic E-state index is 0.00636. The van der Waals surface area contributed by atoms with Crippen LogP contribution in [0.5, 0.6) is 0 Å². The topological polar surface area (TPSA) is 139 Å². The molecule has 0 aliphatic carbocycles. The van der Waals surface area contributed by atoms with Gasteiger partial charge in [0, 0.05) is 19.8 Å². The predicted molar refractivity (Wildman–Crippen MR) is 85.7 cm³/mol. The van der Waals surface area contributed by atoms with Crippen LogP contribution >= 0.6 is 0 Å². The molecule has 0 aliphatic heterocycles. The van der Waals surface area contributed by atoms with Gasteiger partial charge in [-0.3, -0.25) is 19.2 Å². The Bertz CT molecular complexity index is 665. The van der Waals surface area contributed by atoms with Gasteiger partial charge in [0.1, 0.15) is 17.9 Å². The molecule has 9 heteroatoms. The van der Waals surface area contributed by atoms with Gasteiger partial charge >= 0.3 is 5.97 Å². The van der Waals surface area contributed by atoms with Gasteiger partial charge in [0.15, 0.2) is 0 Å². The van der Waals surface area contributed by atoms with Crippen molar-refractivity contribution in [2.75, 3.05) is 0 Å². The molecule has 0 fully saturated rings. The van der Waals surface area contributed by atoms with Crippen molar-refractivity contribution in [3.05, 3.63) is 35.6 Å². The third-order valence-corrected chi connectivity index (χ3v) is 3.33. The Hall–Kier alpha value is -2.97. The quantitative estimate of drug-likeness (QED) is 0.483. The number of aliphatic carboxylic acids is 1. The molecule has 1 aromatic rings. The molecule has 0 aliphatic rings. The summed E-state index contributed by atoms with van der Waals surface area (Å²) in [5, 5.41) is 13.4. The molecule has 5 N–H and O–H groups in total. The molecule has 25 heavy (non-hydrogen) atoms. The predicted octanol–water partition coefficient (Wildman–Crippen LogP) is -0.292. The van der Waals surface area contributed by atoms with E-state index in [1.807, 2.05) is 0 Å². The molecule has 2 atom stereocenters. The summed E-state index contributed by atoms with van der Waals surface area (Å²) in [7, 11) is 0. The third-order valence-electron chi connectivity index (χ3n) is 3.33. The minimum Gasteiger partial charge on any atom is -0.481 e. The molecule has 0 aromatic heterocycles. The van der Waals surface area contributed by atoms with E-state index in [0.29, 0.717) is 5.56 Å². The summed E-state index contributed by atoms with van der Waals surface area (Å²) in [6.45, 7) is 1.21. The van der Waals surface area contributed by atoms with Crippen molar-refractivity contribution in [2.24, 2.45) is 5.73 Å². The maximum absolute atomic E-state index is 13.3. The smallest absolute Gasteiger partial charge is 0.303 e. The molecule has 0 bridgehead atoms. The Morgan fingerprint density at radius 3 is 2.40 bits per heavy atom. The number of carbonyl (C=O) groups is 4. The zero-order chi connectivity index (χ0) is 19.0. The summed E-state index contributed by atoms with van der Waals surface area (Å²) in [6.07, 6.45) is -0.542. The first kappa shape index (κ1) is 20.1. The van der Waals surface area contributed by atoms with Crippen molar-refractivity contribution < 1.29 is 28.7 Å². The van der Waals surface area contributed by atoms with E-state index in [4.69, 9.17) is 10.8 Å². The lowest BCUT2D eigenvalue weighted by atomic mass is 10.0. The summed E-state index contributed by atoms with van der Waals surface area (Å²) in [5.41, 5.74) is 5.63. The maximum Gasteiger partial charge on any atom is 0.303 e.